The molecule has 1 unspecified atom stereocenters. The van der Waals surface area contributed by atoms with Crippen LogP contribution in [0.25, 0.3) is 0 Å². The van der Waals surface area contributed by atoms with Gasteiger partial charge < -0.3 is 19.7 Å². The van der Waals surface area contributed by atoms with E-state index in [9.17, 15) is 24.5 Å². The first-order chi connectivity index (χ1) is 15.7. The van der Waals surface area contributed by atoms with E-state index in [1.165, 1.54) is 24.1 Å². The molecule has 1 fully saturated rings. The molecule has 33 heavy (non-hydrogen) atoms. The molecule has 1 heterocycles. The predicted octanol–water partition coefficient (Wildman–Crippen LogP) is 3.01. The maximum absolute atomic E-state index is 12.4. The van der Waals surface area contributed by atoms with Gasteiger partial charge >= 0.3 is 11.7 Å². The van der Waals surface area contributed by atoms with Crippen LogP contribution in [0, 0.1) is 23.0 Å². The lowest BCUT2D eigenvalue weighted by molar-refractivity contribution is -0.385. The first-order valence-corrected chi connectivity index (χ1v) is 10.4. The highest BCUT2D eigenvalue weighted by Crippen LogP contribution is 2.32. The fraction of sp³-hybridized carbons (Fsp3) is 0.348. The van der Waals surface area contributed by atoms with E-state index in [4.69, 9.17) is 9.47 Å². The highest BCUT2D eigenvalue weighted by molar-refractivity contribution is 6.00. The van der Waals surface area contributed by atoms with Crippen LogP contribution in [0.3, 0.4) is 0 Å². The van der Waals surface area contributed by atoms with Crippen LogP contribution < -0.4 is 15.0 Å². The summed E-state index contributed by atoms with van der Waals surface area (Å²) in [6, 6.07) is 10.2. The second kappa shape index (κ2) is 10.1. The van der Waals surface area contributed by atoms with Gasteiger partial charge in [-0.2, -0.15) is 0 Å². The van der Waals surface area contributed by atoms with Gasteiger partial charge in [-0.15, -0.1) is 0 Å². The van der Waals surface area contributed by atoms with Gasteiger partial charge in [0, 0.05) is 36.5 Å². The smallest absolute Gasteiger partial charge is 0.311 e. The molecule has 2 amide bonds. The van der Waals surface area contributed by atoms with Gasteiger partial charge in [-0.1, -0.05) is 19.1 Å². The number of aryl methyl sites for hydroxylation is 2. The Hall–Kier alpha value is -3.95. The van der Waals surface area contributed by atoms with Crippen molar-refractivity contribution in [3.05, 3.63) is 57.6 Å². The standard InChI is InChI=1S/C23H25N3O7/c1-4-15-5-7-17(8-6-15)25-12-16(10-22(25)28)23(29)33-13-21(27)24-18-11-20(32-3)19(26(30)31)9-14(18)2/h5-9,11,16H,4,10,12-13H2,1-3H3,(H,24,27). The molecule has 1 N–H and O–H groups in total. The molecule has 0 saturated carbocycles. The molecular formula is C23H25N3O7. The fourth-order valence-corrected chi connectivity index (χ4v) is 3.58. The van der Waals surface area contributed by atoms with Crippen LogP contribution in [-0.4, -0.2) is 43.0 Å². The Bertz CT molecular complexity index is 1080. The van der Waals surface area contributed by atoms with Crippen molar-refractivity contribution in [2.24, 2.45) is 5.92 Å². The van der Waals surface area contributed by atoms with E-state index < -0.39 is 29.3 Å². The number of methoxy groups -OCH3 is 1. The number of nitro benzene ring substituents is 1. The monoisotopic (exact) mass is 455 g/mol. The summed E-state index contributed by atoms with van der Waals surface area (Å²) in [5.74, 6) is -2.10. The summed E-state index contributed by atoms with van der Waals surface area (Å²) in [4.78, 5) is 49.1. The zero-order valence-corrected chi connectivity index (χ0v) is 18.6. The number of rotatable bonds is 8. The van der Waals surface area contributed by atoms with E-state index in [0.717, 1.165) is 12.0 Å². The maximum Gasteiger partial charge on any atom is 0.311 e. The number of nitrogens with one attached hydrogen (secondary N) is 1. The normalized spacial score (nSPS) is 15.3. The zero-order valence-electron chi connectivity index (χ0n) is 18.6. The molecule has 0 aliphatic carbocycles. The second-order valence-corrected chi connectivity index (χ2v) is 7.68. The van der Waals surface area contributed by atoms with Crippen LogP contribution in [-0.2, 0) is 25.5 Å². The quantitative estimate of drug-likeness (QED) is 0.368. The molecular weight excluding hydrogens is 430 g/mol. The van der Waals surface area contributed by atoms with Crippen molar-refractivity contribution in [2.75, 3.05) is 30.5 Å². The molecule has 10 nitrogen and oxygen atoms in total. The van der Waals surface area contributed by atoms with Crippen LogP contribution in [0.5, 0.6) is 5.75 Å². The highest BCUT2D eigenvalue weighted by Gasteiger charge is 2.36. The molecule has 0 bridgehead atoms. The lowest BCUT2D eigenvalue weighted by Crippen LogP contribution is -2.28. The van der Waals surface area contributed by atoms with E-state index in [2.05, 4.69) is 5.32 Å². The number of benzene rings is 2. The molecule has 174 valence electrons. The SMILES string of the molecule is CCc1ccc(N2CC(C(=O)OCC(=O)Nc3cc(OC)c([N+](=O)[O-])cc3C)CC2=O)cc1. The largest absolute Gasteiger partial charge is 0.490 e. The highest BCUT2D eigenvalue weighted by atomic mass is 16.6. The first-order valence-electron chi connectivity index (χ1n) is 10.4. The number of nitro groups is 1. The minimum absolute atomic E-state index is 0.00516. The molecule has 1 atom stereocenters. The lowest BCUT2D eigenvalue weighted by Gasteiger charge is -2.17. The molecule has 1 saturated heterocycles. The van der Waals surface area contributed by atoms with Gasteiger partial charge in [0.1, 0.15) is 0 Å². The summed E-state index contributed by atoms with van der Waals surface area (Å²) >= 11 is 0. The number of amides is 2. The Morgan fingerprint density at radius 2 is 1.94 bits per heavy atom. The summed E-state index contributed by atoms with van der Waals surface area (Å²) in [6.07, 6.45) is 0.895. The van der Waals surface area contributed by atoms with Crippen LogP contribution in [0.4, 0.5) is 17.1 Å². The third kappa shape index (κ3) is 5.46. The second-order valence-electron chi connectivity index (χ2n) is 7.68. The van der Waals surface area contributed by atoms with Crippen molar-refractivity contribution >= 4 is 34.8 Å². The third-order valence-electron chi connectivity index (χ3n) is 5.46. The van der Waals surface area contributed by atoms with E-state index in [0.29, 0.717) is 16.9 Å². The number of ether oxygens (including phenoxy) is 2. The topological polar surface area (TPSA) is 128 Å². The van der Waals surface area contributed by atoms with Crippen LogP contribution in [0.2, 0.25) is 0 Å². The van der Waals surface area contributed by atoms with Crippen molar-refractivity contribution in [1.82, 2.24) is 0 Å². The van der Waals surface area contributed by atoms with Gasteiger partial charge in [0.25, 0.3) is 5.91 Å². The van der Waals surface area contributed by atoms with Gasteiger partial charge in [0.2, 0.25) is 5.91 Å². The minimum Gasteiger partial charge on any atom is -0.490 e. The molecule has 2 aromatic carbocycles. The molecule has 0 radical (unpaired) electrons. The first kappa shape index (κ1) is 23.7. The van der Waals surface area contributed by atoms with Gasteiger partial charge in [-0.3, -0.25) is 24.5 Å². The van der Waals surface area contributed by atoms with Crippen molar-refractivity contribution in [3.63, 3.8) is 0 Å². The molecule has 3 rings (SSSR count). The number of hydrogen-bond donors (Lipinski definition) is 1. The number of hydrogen-bond acceptors (Lipinski definition) is 7. The molecule has 1 aliphatic heterocycles. The predicted molar refractivity (Wildman–Crippen MR) is 120 cm³/mol. The van der Waals surface area contributed by atoms with E-state index in [1.807, 2.05) is 31.2 Å². The van der Waals surface area contributed by atoms with Gasteiger partial charge in [0.15, 0.2) is 12.4 Å². The van der Waals surface area contributed by atoms with E-state index in [1.54, 1.807) is 6.92 Å². The zero-order chi connectivity index (χ0) is 24.1. The lowest BCUT2D eigenvalue weighted by atomic mass is 10.1. The molecule has 10 heteroatoms. The number of carbonyl (C=O) groups is 3. The summed E-state index contributed by atoms with van der Waals surface area (Å²) in [7, 11) is 1.29. The Morgan fingerprint density at radius 1 is 1.24 bits per heavy atom. The number of esters is 1. The van der Waals surface area contributed by atoms with Crippen LogP contribution >= 0.6 is 0 Å². The average molecular weight is 455 g/mol. The number of anilines is 2. The maximum atomic E-state index is 12.4. The van der Waals surface area contributed by atoms with E-state index >= 15 is 0 Å². The Kier molecular flexibility index (Phi) is 7.27. The molecule has 2 aromatic rings. The van der Waals surface area contributed by atoms with Crippen molar-refractivity contribution in [1.29, 1.82) is 0 Å². The fourth-order valence-electron chi connectivity index (χ4n) is 3.58. The van der Waals surface area contributed by atoms with Crippen molar-refractivity contribution < 1.29 is 28.8 Å². The molecule has 1 aliphatic rings. The summed E-state index contributed by atoms with van der Waals surface area (Å²) in [5.41, 5.74) is 2.39. The number of nitrogens with zero attached hydrogens (tertiary/aromatic N) is 2. The number of carbonyl (C=O) groups excluding carboxylic acids is 3. The third-order valence-corrected chi connectivity index (χ3v) is 5.46. The van der Waals surface area contributed by atoms with Crippen molar-refractivity contribution in [2.45, 2.75) is 26.7 Å². The van der Waals surface area contributed by atoms with Gasteiger partial charge in [-0.25, -0.2) is 0 Å². The Morgan fingerprint density at radius 3 is 2.55 bits per heavy atom. The Labute approximate surface area is 190 Å². The average Bonchev–Trinajstić information content (AvgIpc) is 3.20. The van der Waals surface area contributed by atoms with Crippen LogP contribution in [0.1, 0.15) is 24.5 Å². The molecule has 0 spiro atoms. The minimum atomic E-state index is -0.669. The summed E-state index contributed by atoms with van der Waals surface area (Å²) < 4.78 is 10.1. The summed E-state index contributed by atoms with van der Waals surface area (Å²) in [6.45, 7) is 3.27. The Balaban J connectivity index is 1.57. The van der Waals surface area contributed by atoms with Gasteiger partial charge in [0.05, 0.1) is 18.0 Å². The van der Waals surface area contributed by atoms with Gasteiger partial charge in [-0.05, 0) is 36.6 Å². The summed E-state index contributed by atoms with van der Waals surface area (Å²) in [5, 5.41) is 13.6. The van der Waals surface area contributed by atoms with Crippen LogP contribution in [0.15, 0.2) is 36.4 Å². The van der Waals surface area contributed by atoms with E-state index in [-0.39, 0.29) is 30.3 Å². The molecule has 0 aromatic heterocycles. The van der Waals surface area contributed by atoms with Crippen molar-refractivity contribution in [3.8, 4) is 5.75 Å².